The number of phenols is 2. The van der Waals surface area contributed by atoms with Gasteiger partial charge in [-0.3, -0.25) is 0 Å². The summed E-state index contributed by atoms with van der Waals surface area (Å²) in [4.78, 5) is 0. The van der Waals surface area contributed by atoms with Crippen LogP contribution in [0.1, 0.15) is 11.6 Å². The zero-order valence-corrected chi connectivity index (χ0v) is 7.07. The number of benzene rings is 1. The third-order valence-electron chi connectivity index (χ3n) is 1.78. The molecule has 0 heterocycles. The summed E-state index contributed by atoms with van der Waals surface area (Å²) in [6.07, 6.45) is 1.52. The second-order valence-corrected chi connectivity index (χ2v) is 2.74. The number of nitrogens with two attached hydrogens (primary N) is 2. The van der Waals surface area contributed by atoms with Crippen molar-refractivity contribution in [3.8, 4) is 11.5 Å². The van der Waals surface area contributed by atoms with E-state index in [-0.39, 0.29) is 17.2 Å². The Morgan fingerprint density at radius 3 is 2.46 bits per heavy atom. The predicted octanol–water partition coefficient (Wildman–Crippen LogP) is 0.866. The fourth-order valence-electron chi connectivity index (χ4n) is 0.992. The molecule has 0 radical (unpaired) electrons. The summed E-state index contributed by atoms with van der Waals surface area (Å²) < 4.78 is 0. The van der Waals surface area contributed by atoms with E-state index in [0.29, 0.717) is 5.56 Å². The molecule has 70 valence electrons. The summed E-state index contributed by atoms with van der Waals surface area (Å²) in [6, 6.07) is 2.47. The Morgan fingerprint density at radius 2 is 2.00 bits per heavy atom. The smallest absolute Gasteiger partial charge is 0.180 e. The van der Waals surface area contributed by atoms with Crippen molar-refractivity contribution in [2.75, 3.05) is 5.73 Å². The Hall–Kier alpha value is -1.68. The maximum Gasteiger partial charge on any atom is 0.180 e. The molecule has 0 aliphatic heterocycles. The quantitative estimate of drug-likeness (QED) is 0.308. The molecule has 6 N–H and O–H groups in total. The van der Waals surface area contributed by atoms with E-state index >= 15 is 0 Å². The average molecular weight is 180 g/mol. The fourth-order valence-corrected chi connectivity index (χ4v) is 0.992. The van der Waals surface area contributed by atoms with Gasteiger partial charge in [0.1, 0.15) is 0 Å². The van der Waals surface area contributed by atoms with Gasteiger partial charge in [-0.15, -0.1) is 6.58 Å². The second-order valence-electron chi connectivity index (χ2n) is 2.74. The van der Waals surface area contributed by atoms with Gasteiger partial charge in [-0.2, -0.15) is 0 Å². The van der Waals surface area contributed by atoms with Gasteiger partial charge in [0.15, 0.2) is 11.5 Å². The third-order valence-corrected chi connectivity index (χ3v) is 1.78. The number of hydrogen-bond donors (Lipinski definition) is 4. The molecule has 1 atom stereocenters. The van der Waals surface area contributed by atoms with Gasteiger partial charge in [-0.25, -0.2) is 0 Å². The van der Waals surface area contributed by atoms with Crippen molar-refractivity contribution in [3.63, 3.8) is 0 Å². The first kappa shape index (κ1) is 9.41. The van der Waals surface area contributed by atoms with Crippen LogP contribution in [0, 0.1) is 0 Å². The molecule has 0 aliphatic carbocycles. The zero-order chi connectivity index (χ0) is 10.0. The normalized spacial score (nSPS) is 12.4. The molecule has 0 saturated heterocycles. The van der Waals surface area contributed by atoms with Crippen molar-refractivity contribution in [1.29, 1.82) is 0 Å². The largest absolute Gasteiger partial charge is 0.504 e. The maximum absolute atomic E-state index is 9.21. The number of aromatic hydroxyl groups is 2. The van der Waals surface area contributed by atoms with Crippen molar-refractivity contribution in [2.45, 2.75) is 6.04 Å². The van der Waals surface area contributed by atoms with Gasteiger partial charge >= 0.3 is 0 Å². The molecular formula is C9H12N2O2. The molecule has 1 rings (SSSR count). The number of rotatable bonds is 2. The molecule has 1 aromatic rings. The lowest BCUT2D eigenvalue weighted by Crippen LogP contribution is -2.06. The van der Waals surface area contributed by atoms with E-state index in [9.17, 15) is 5.11 Å². The first-order valence-electron chi connectivity index (χ1n) is 3.75. The standard InChI is InChI=1S/C9H12N2O2/c1-2-6(10)5-3-7(11)9(13)8(12)4-5/h2-4,6,12-13H,1,10-11H2/t6-/m1/s1. The van der Waals surface area contributed by atoms with E-state index in [1.54, 1.807) is 0 Å². The maximum atomic E-state index is 9.21. The van der Waals surface area contributed by atoms with Crippen molar-refractivity contribution in [3.05, 3.63) is 30.4 Å². The Labute approximate surface area is 76.1 Å². The van der Waals surface area contributed by atoms with Crippen LogP contribution in [-0.2, 0) is 0 Å². The van der Waals surface area contributed by atoms with Gasteiger partial charge in [0.2, 0.25) is 0 Å². The van der Waals surface area contributed by atoms with Crippen molar-refractivity contribution in [2.24, 2.45) is 5.73 Å². The van der Waals surface area contributed by atoms with Gasteiger partial charge in [0.25, 0.3) is 0 Å². The topological polar surface area (TPSA) is 92.5 Å². The number of nitrogen functional groups attached to an aromatic ring is 1. The summed E-state index contributed by atoms with van der Waals surface area (Å²) in [5.74, 6) is -0.590. The zero-order valence-electron chi connectivity index (χ0n) is 7.07. The summed E-state index contributed by atoms with van der Waals surface area (Å²) >= 11 is 0. The lowest BCUT2D eigenvalue weighted by Gasteiger charge is -2.09. The molecular weight excluding hydrogens is 168 g/mol. The van der Waals surface area contributed by atoms with Crippen molar-refractivity contribution < 1.29 is 10.2 Å². The van der Waals surface area contributed by atoms with E-state index < -0.39 is 6.04 Å². The minimum Gasteiger partial charge on any atom is -0.504 e. The van der Waals surface area contributed by atoms with E-state index in [1.165, 1.54) is 18.2 Å². The molecule has 0 amide bonds. The van der Waals surface area contributed by atoms with Gasteiger partial charge < -0.3 is 21.7 Å². The van der Waals surface area contributed by atoms with Crippen LogP contribution >= 0.6 is 0 Å². The first-order valence-corrected chi connectivity index (χ1v) is 3.75. The van der Waals surface area contributed by atoms with Crippen molar-refractivity contribution in [1.82, 2.24) is 0 Å². The Balaban J connectivity index is 3.20. The van der Waals surface area contributed by atoms with Gasteiger partial charge in [0.05, 0.1) is 5.69 Å². The summed E-state index contributed by atoms with van der Waals surface area (Å²) in [6.45, 7) is 3.51. The van der Waals surface area contributed by atoms with E-state index in [1.807, 2.05) is 0 Å². The summed E-state index contributed by atoms with van der Waals surface area (Å²) in [5, 5.41) is 18.3. The molecule has 1 aromatic carbocycles. The average Bonchev–Trinajstić information content (AvgIpc) is 2.12. The van der Waals surface area contributed by atoms with Crippen LogP contribution in [0.4, 0.5) is 5.69 Å². The van der Waals surface area contributed by atoms with Gasteiger partial charge in [-0.05, 0) is 17.7 Å². The first-order chi connectivity index (χ1) is 6.06. The van der Waals surface area contributed by atoms with Crippen LogP contribution in [0.3, 0.4) is 0 Å². The molecule has 0 unspecified atom stereocenters. The van der Waals surface area contributed by atoms with Crippen LogP contribution in [0.2, 0.25) is 0 Å². The van der Waals surface area contributed by atoms with E-state index in [0.717, 1.165) is 0 Å². The monoisotopic (exact) mass is 180 g/mol. The number of phenolic OH excluding ortho intramolecular Hbond substituents is 2. The Bertz CT molecular complexity index is 313. The van der Waals surface area contributed by atoms with Crippen LogP contribution in [-0.4, -0.2) is 10.2 Å². The number of hydrogen-bond acceptors (Lipinski definition) is 4. The van der Waals surface area contributed by atoms with Crippen molar-refractivity contribution >= 4 is 5.69 Å². The minimum absolute atomic E-state index is 0.104. The summed E-state index contributed by atoms with van der Waals surface area (Å²) in [5.41, 5.74) is 11.7. The third kappa shape index (κ3) is 1.73. The molecule has 0 saturated carbocycles. The Morgan fingerprint density at radius 1 is 1.38 bits per heavy atom. The molecule has 0 bridgehead atoms. The predicted molar refractivity (Wildman–Crippen MR) is 51.3 cm³/mol. The highest BCUT2D eigenvalue weighted by molar-refractivity contribution is 5.61. The Kier molecular flexibility index (Phi) is 2.44. The van der Waals surface area contributed by atoms with Crippen LogP contribution in [0.25, 0.3) is 0 Å². The minimum atomic E-state index is -0.395. The molecule has 0 aromatic heterocycles. The second kappa shape index (κ2) is 3.37. The fraction of sp³-hybridized carbons (Fsp3) is 0.111. The van der Waals surface area contributed by atoms with Crippen LogP contribution < -0.4 is 11.5 Å². The lowest BCUT2D eigenvalue weighted by atomic mass is 10.1. The van der Waals surface area contributed by atoms with E-state index in [2.05, 4.69) is 6.58 Å². The molecule has 0 fully saturated rings. The number of anilines is 1. The molecule has 0 spiro atoms. The van der Waals surface area contributed by atoms with Gasteiger partial charge in [-0.1, -0.05) is 6.08 Å². The SMILES string of the molecule is C=C[C@@H](N)c1cc(N)c(O)c(O)c1. The summed E-state index contributed by atoms with van der Waals surface area (Å²) in [7, 11) is 0. The molecule has 4 heteroatoms. The van der Waals surface area contributed by atoms with E-state index in [4.69, 9.17) is 16.6 Å². The molecule has 4 nitrogen and oxygen atoms in total. The molecule has 13 heavy (non-hydrogen) atoms. The highest BCUT2D eigenvalue weighted by Crippen LogP contribution is 2.33. The van der Waals surface area contributed by atoms with Crippen LogP contribution in [0.5, 0.6) is 11.5 Å². The van der Waals surface area contributed by atoms with Gasteiger partial charge in [0, 0.05) is 6.04 Å². The highest BCUT2D eigenvalue weighted by atomic mass is 16.3. The highest BCUT2D eigenvalue weighted by Gasteiger charge is 2.09. The lowest BCUT2D eigenvalue weighted by molar-refractivity contribution is 0.405. The van der Waals surface area contributed by atoms with Crippen LogP contribution in [0.15, 0.2) is 24.8 Å². The molecule has 0 aliphatic rings.